The van der Waals surface area contributed by atoms with Crippen molar-refractivity contribution in [3.8, 4) is 0 Å². The second kappa shape index (κ2) is 32.7. The second-order valence-electron chi connectivity index (χ2n) is 20.2. The molecular formula is C59H85BrN14O4. The summed E-state index contributed by atoms with van der Waals surface area (Å²) < 4.78 is 14.5. The van der Waals surface area contributed by atoms with Crippen molar-refractivity contribution in [1.29, 1.82) is 0 Å². The molecule has 0 radical (unpaired) electrons. The van der Waals surface area contributed by atoms with Gasteiger partial charge in [-0.3, -0.25) is 14.5 Å². The number of hydrogen-bond donors (Lipinski definition) is 5. The Morgan fingerprint density at radius 1 is 0.667 bits per heavy atom. The minimum Gasteiger partial charge on any atom is -0.381 e. The molecule has 0 amide bonds. The van der Waals surface area contributed by atoms with Crippen molar-refractivity contribution in [3.63, 3.8) is 0 Å². The first-order valence-electron chi connectivity index (χ1n) is 28.1. The van der Waals surface area contributed by atoms with Crippen LogP contribution in [-0.4, -0.2) is 132 Å². The maximum Gasteiger partial charge on any atom is 0.229 e. The first kappa shape index (κ1) is 61.1. The topological polar surface area (TPSA) is 202 Å². The molecule has 8 rings (SSSR count). The number of rotatable bonds is 26. The van der Waals surface area contributed by atoms with Crippen molar-refractivity contribution in [2.24, 2.45) is 0 Å². The minimum atomic E-state index is 0.0867. The molecule has 18 nitrogen and oxygen atoms in total. The highest BCUT2D eigenvalue weighted by Gasteiger charge is 2.21. The number of aromatic nitrogens is 8. The molecule has 0 aliphatic carbocycles. The summed E-state index contributed by atoms with van der Waals surface area (Å²) in [5, 5.41) is 26.8. The van der Waals surface area contributed by atoms with E-state index in [1.54, 1.807) is 21.2 Å². The van der Waals surface area contributed by atoms with Crippen molar-refractivity contribution in [1.82, 2.24) is 49.4 Å². The molecule has 6 aromatic rings. The van der Waals surface area contributed by atoms with Gasteiger partial charge in [-0.1, -0.05) is 132 Å². The lowest BCUT2D eigenvalue weighted by Gasteiger charge is -2.23. The highest BCUT2D eigenvalue weighted by molar-refractivity contribution is 9.09. The molecule has 6 heterocycles. The fourth-order valence-corrected chi connectivity index (χ4v) is 9.23. The van der Waals surface area contributed by atoms with Gasteiger partial charge in [-0.2, -0.15) is 39.2 Å². The molecule has 0 saturated carbocycles. The number of benzene rings is 2. The van der Waals surface area contributed by atoms with Gasteiger partial charge in [0.05, 0.1) is 12.4 Å². The van der Waals surface area contributed by atoms with Crippen molar-refractivity contribution in [3.05, 3.63) is 119 Å². The van der Waals surface area contributed by atoms with Gasteiger partial charge >= 0.3 is 0 Å². The molecule has 2 saturated heterocycles. The van der Waals surface area contributed by atoms with Crippen LogP contribution in [0.1, 0.15) is 133 Å². The lowest BCUT2D eigenvalue weighted by molar-refractivity contribution is -0.114. The number of alkyl halides is 1. The number of hydrogen-bond acceptors (Lipinski definition) is 16. The zero-order chi connectivity index (χ0) is 55.7. The number of halogens is 1. The van der Waals surface area contributed by atoms with Gasteiger partial charge < -0.3 is 36.1 Å². The average molecular weight is 1130 g/mol. The Hall–Kier alpha value is -6.12. The van der Waals surface area contributed by atoms with Crippen LogP contribution in [0.4, 0.5) is 23.8 Å². The molecule has 0 unspecified atom stereocenters. The maximum absolute atomic E-state index is 12.6. The summed E-state index contributed by atoms with van der Waals surface area (Å²) in [4.78, 5) is 46.1. The van der Waals surface area contributed by atoms with Crippen LogP contribution in [0.3, 0.4) is 0 Å². The van der Waals surface area contributed by atoms with Crippen LogP contribution in [-0.2, 0) is 45.0 Å². The van der Waals surface area contributed by atoms with Crippen LogP contribution >= 0.6 is 15.9 Å². The van der Waals surface area contributed by atoms with Gasteiger partial charge in [0, 0.05) is 87.4 Å². The largest absolute Gasteiger partial charge is 0.381 e. The number of allylic oxidation sites excluding steroid dienone is 3. The molecule has 19 heteroatoms. The standard InChI is InChI=1S/C30H43N7O2.C25H31BrN6O2.C4H11N/c1-5-14-36(6-2)15-8-11-26(38)19-23-9-7-10-24(18-23)20-31-30-35-29(33-25-12-16-39-17-13-25)34-28-27(22(3)4)21-32-37(28)30;1-17(2)22-16-28-32-23(22)30-24(29-20-8-11-34-12-9-20)31-25(32)27-15-19-6-3-5-18(13-19)14-21(33)7-4-10-26;1-3-5-4-2/h7-11,18,21-22,25H,5-6,12-17,19-20H2,1-4H3,(H2,31,33,34,35);3-7,13,16-17,20H,8-12,14-15H2,1-2H3,(H2,27,29,30,31);5H,3-4H2,1-2H3/b11-8+;7-4+;. The summed E-state index contributed by atoms with van der Waals surface area (Å²) in [6.45, 7) is 26.2. The van der Waals surface area contributed by atoms with Gasteiger partial charge in [-0.15, -0.1) is 0 Å². The predicted octanol–water partition coefficient (Wildman–Crippen LogP) is 9.98. The number of nitrogens with zero attached hydrogens (tertiary/aromatic N) is 9. The quantitative estimate of drug-likeness (QED) is 0.0253. The van der Waals surface area contributed by atoms with Crippen molar-refractivity contribution in [2.75, 3.05) is 85.7 Å². The molecule has 0 spiro atoms. The average Bonchev–Trinajstić information content (AvgIpc) is 4.15. The molecular weight excluding hydrogens is 1050 g/mol. The molecule has 0 bridgehead atoms. The molecule has 5 N–H and O–H groups in total. The number of fused-ring (bicyclic) bond motifs is 2. The van der Waals surface area contributed by atoms with E-state index in [4.69, 9.17) is 29.4 Å². The highest BCUT2D eigenvalue weighted by atomic mass is 79.9. The molecule has 0 atom stereocenters. The number of ketones is 2. The van der Waals surface area contributed by atoms with Crippen molar-refractivity contribution in [2.45, 2.75) is 137 Å². The Morgan fingerprint density at radius 2 is 1.12 bits per heavy atom. The monoisotopic (exact) mass is 1130 g/mol. The van der Waals surface area contributed by atoms with E-state index in [1.807, 2.05) is 54.9 Å². The SMILES string of the molecule is CC(C)c1cnn2c(NCc3cccc(CC(=O)/C=C/CBr)c3)nc(NC3CCOCC3)nc12.CCCN(CC)C/C=C/C(=O)Cc1cccc(CNc2nc(NC3CCOCC3)nc3c(C(C)C)cnn23)c1.CCNCC. The summed E-state index contributed by atoms with van der Waals surface area (Å²) >= 11 is 3.30. The fourth-order valence-electron chi connectivity index (χ4n) is 9.05. The van der Waals surface area contributed by atoms with Gasteiger partial charge in [0.2, 0.25) is 23.8 Å². The van der Waals surface area contributed by atoms with Gasteiger partial charge in [0.1, 0.15) is 0 Å². The van der Waals surface area contributed by atoms with Crippen molar-refractivity contribution < 1.29 is 19.1 Å². The summed E-state index contributed by atoms with van der Waals surface area (Å²) in [6, 6.07) is 16.8. The summed E-state index contributed by atoms with van der Waals surface area (Å²) in [5.41, 5.74) is 7.91. The number of carbonyl (C=O) groups excluding carboxylic acids is 2. The number of nitrogens with one attached hydrogen (secondary N) is 5. The van der Waals surface area contributed by atoms with Gasteiger partial charge in [-0.25, -0.2) is 0 Å². The molecule has 2 aliphatic heterocycles. The molecule has 2 aromatic carbocycles. The second-order valence-corrected chi connectivity index (χ2v) is 20.9. The summed E-state index contributed by atoms with van der Waals surface area (Å²) in [7, 11) is 0. The van der Waals surface area contributed by atoms with Crippen LogP contribution in [0.5, 0.6) is 0 Å². The fraction of sp³-hybridized carbons (Fsp3) is 0.525. The third kappa shape index (κ3) is 19.4. The maximum atomic E-state index is 12.6. The number of likely N-dealkylation sites (N-methyl/N-ethyl adjacent to an activating group) is 1. The van der Waals surface area contributed by atoms with Gasteiger partial charge in [0.15, 0.2) is 22.9 Å². The number of ether oxygens (including phenoxy) is 2. The normalized spacial score (nSPS) is 14.3. The Bertz CT molecular complexity index is 2830. The van der Waals surface area contributed by atoms with Crippen molar-refractivity contribution >= 4 is 62.6 Å². The van der Waals surface area contributed by atoms with Crippen LogP contribution in [0, 0.1) is 0 Å². The van der Waals surface area contributed by atoms with Crippen LogP contribution in [0.25, 0.3) is 11.3 Å². The van der Waals surface area contributed by atoms with E-state index < -0.39 is 0 Å². The Balaban J connectivity index is 0.000000234. The molecule has 78 heavy (non-hydrogen) atoms. The third-order valence-electron chi connectivity index (χ3n) is 13.3. The molecule has 4 aromatic heterocycles. The van der Waals surface area contributed by atoms with E-state index >= 15 is 0 Å². The minimum absolute atomic E-state index is 0.0867. The van der Waals surface area contributed by atoms with E-state index in [0.29, 0.717) is 79.0 Å². The smallest absolute Gasteiger partial charge is 0.229 e. The van der Waals surface area contributed by atoms with Crippen LogP contribution in [0.2, 0.25) is 0 Å². The molecule has 422 valence electrons. The Morgan fingerprint density at radius 3 is 1.51 bits per heavy atom. The molecule has 2 fully saturated rings. The van der Waals surface area contributed by atoms with E-state index in [9.17, 15) is 9.59 Å². The van der Waals surface area contributed by atoms with Crippen LogP contribution in [0.15, 0.2) is 85.2 Å². The van der Waals surface area contributed by atoms with E-state index in [1.165, 1.54) is 0 Å². The predicted molar refractivity (Wildman–Crippen MR) is 318 cm³/mol. The Kier molecular flexibility index (Phi) is 25.6. The first-order valence-corrected chi connectivity index (χ1v) is 29.2. The van der Waals surface area contributed by atoms with Gasteiger partial charge in [-0.05, 0) is 105 Å². The van der Waals surface area contributed by atoms with E-state index in [2.05, 4.69) is 131 Å². The Labute approximate surface area is 470 Å². The van der Waals surface area contributed by atoms with Crippen LogP contribution < -0.4 is 26.6 Å². The highest BCUT2D eigenvalue weighted by Crippen LogP contribution is 2.26. The van der Waals surface area contributed by atoms with Gasteiger partial charge in [0.25, 0.3) is 0 Å². The van der Waals surface area contributed by atoms with E-state index in [-0.39, 0.29) is 11.6 Å². The first-order chi connectivity index (χ1) is 37.9. The number of carbonyl (C=O) groups is 2. The third-order valence-corrected chi connectivity index (χ3v) is 13.7. The lowest BCUT2D eigenvalue weighted by atomic mass is 10.1. The zero-order valence-electron chi connectivity index (χ0n) is 47.4. The van der Waals surface area contributed by atoms with E-state index in [0.717, 1.165) is 136 Å². The zero-order valence-corrected chi connectivity index (χ0v) is 48.9. The molecule has 2 aliphatic rings. The summed E-state index contributed by atoms with van der Waals surface area (Å²) in [6.07, 6.45) is 16.5. The summed E-state index contributed by atoms with van der Waals surface area (Å²) in [5.74, 6) is 3.26. The lowest BCUT2D eigenvalue weighted by Crippen LogP contribution is -2.29. The number of anilines is 4.